The number of pyridine rings is 1. The van der Waals surface area contributed by atoms with E-state index in [1.165, 1.54) is 12.8 Å². The number of amides is 1. The number of carbonyl (C=O) groups excluding carboxylic acids is 1. The zero-order valence-corrected chi connectivity index (χ0v) is 21.7. The van der Waals surface area contributed by atoms with E-state index in [0.29, 0.717) is 35.2 Å². The van der Waals surface area contributed by atoms with Gasteiger partial charge in [0.1, 0.15) is 0 Å². The molecule has 6 heterocycles. The van der Waals surface area contributed by atoms with Crippen molar-refractivity contribution in [2.45, 2.75) is 25.3 Å². The standard InChI is InChI=1S/C25H31N11O2/c1-16-20(9-17(10-27-16)23(37)26-6-8-36-7-4-5-25(36)14-38-15-25)31-21-19-12-28-24(32-22(19)35(3)33-21)30-18-11-29-34(2)13-18/h9-13H,4-8,14-15H2,1-3H3,(H,26,37)(H,31,33)(H,28,30,32). The average Bonchev–Trinajstić information content (AvgIpc) is 3.58. The van der Waals surface area contributed by atoms with Crippen LogP contribution in [0.25, 0.3) is 11.0 Å². The highest BCUT2D eigenvalue weighted by atomic mass is 16.5. The third-order valence-electron chi connectivity index (χ3n) is 7.29. The lowest BCUT2D eigenvalue weighted by molar-refractivity contribution is -0.122. The highest BCUT2D eigenvalue weighted by Crippen LogP contribution is 2.35. The normalized spacial score (nSPS) is 16.6. The highest BCUT2D eigenvalue weighted by Gasteiger charge is 2.46. The van der Waals surface area contributed by atoms with Gasteiger partial charge in [0, 0.05) is 45.8 Å². The molecule has 0 saturated carbocycles. The quantitative estimate of drug-likeness (QED) is 0.317. The molecule has 3 N–H and O–H groups in total. The summed E-state index contributed by atoms with van der Waals surface area (Å²) in [6, 6.07) is 1.80. The van der Waals surface area contributed by atoms with Gasteiger partial charge in [0.2, 0.25) is 5.95 Å². The minimum atomic E-state index is -0.154. The van der Waals surface area contributed by atoms with Crippen molar-refractivity contribution >= 4 is 40.1 Å². The fraction of sp³-hybridized carbons (Fsp3) is 0.440. The second-order valence-electron chi connectivity index (χ2n) is 9.98. The maximum Gasteiger partial charge on any atom is 0.252 e. The molecule has 1 spiro atoms. The first kappa shape index (κ1) is 24.2. The van der Waals surface area contributed by atoms with Gasteiger partial charge in [-0.2, -0.15) is 15.2 Å². The first-order valence-corrected chi connectivity index (χ1v) is 12.7. The fourth-order valence-electron chi connectivity index (χ4n) is 5.13. The SMILES string of the molecule is Cc1ncc(C(=O)NCCN2CCCC23COC3)cc1Nc1nn(C)c2nc(Nc3cnn(C)c3)ncc12. The van der Waals surface area contributed by atoms with Gasteiger partial charge in [-0.1, -0.05) is 0 Å². The van der Waals surface area contributed by atoms with Gasteiger partial charge in [0.05, 0.1) is 53.0 Å². The Hall–Kier alpha value is -4.10. The predicted octanol–water partition coefficient (Wildman–Crippen LogP) is 1.88. The molecule has 4 aromatic rings. The summed E-state index contributed by atoms with van der Waals surface area (Å²) in [4.78, 5) is 28.8. The van der Waals surface area contributed by atoms with Crippen molar-refractivity contribution in [2.24, 2.45) is 14.1 Å². The molecule has 13 nitrogen and oxygen atoms in total. The predicted molar refractivity (Wildman–Crippen MR) is 142 cm³/mol. The molecular formula is C25H31N11O2. The van der Waals surface area contributed by atoms with Gasteiger partial charge in [0.25, 0.3) is 5.91 Å². The first-order chi connectivity index (χ1) is 18.4. The van der Waals surface area contributed by atoms with Gasteiger partial charge in [-0.25, -0.2) is 9.67 Å². The van der Waals surface area contributed by atoms with E-state index in [1.54, 1.807) is 34.0 Å². The molecule has 2 fully saturated rings. The van der Waals surface area contributed by atoms with Gasteiger partial charge in [-0.3, -0.25) is 19.4 Å². The van der Waals surface area contributed by atoms with Crippen LogP contribution in [0.15, 0.2) is 30.9 Å². The molecule has 1 amide bonds. The van der Waals surface area contributed by atoms with Gasteiger partial charge < -0.3 is 20.7 Å². The van der Waals surface area contributed by atoms with Crippen LogP contribution < -0.4 is 16.0 Å². The van der Waals surface area contributed by atoms with E-state index in [1.807, 2.05) is 27.2 Å². The molecule has 6 rings (SSSR count). The Bertz CT molecular complexity index is 1490. The number of fused-ring (bicyclic) bond motifs is 1. The van der Waals surface area contributed by atoms with Crippen LogP contribution in [0.5, 0.6) is 0 Å². The summed E-state index contributed by atoms with van der Waals surface area (Å²) in [7, 11) is 3.67. The van der Waals surface area contributed by atoms with Crippen LogP contribution in [0.1, 0.15) is 28.9 Å². The monoisotopic (exact) mass is 517 g/mol. The summed E-state index contributed by atoms with van der Waals surface area (Å²) >= 11 is 0. The Morgan fingerprint density at radius 2 is 2.03 bits per heavy atom. The van der Waals surface area contributed by atoms with Crippen LogP contribution in [-0.2, 0) is 18.8 Å². The molecule has 0 aromatic carbocycles. The van der Waals surface area contributed by atoms with E-state index in [0.717, 1.165) is 43.1 Å². The van der Waals surface area contributed by atoms with Crippen molar-refractivity contribution < 1.29 is 9.53 Å². The number of nitrogens with one attached hydrogen (secondary N) is 3. The number of hydrogen-bond acceptors (Lipinski definition) is 10. The number of aryl methyl sites for hydroxylation is 3. The summed E-state index contributed by atoms with van der Waals surface area (Å²) < 4.78 is 8.84. The smallest absolute Gasteiger partial charge is 0.252 e. The molecule has 2 saturated heterocycles. The molecule has 0 unspecified atom stereocenters. The first-order valence-electron chi connectivity index (χ1n) is 12.7. The molecule has 4 aromatic heterocycles. The minimum Gasteiger partial charge on any atom is -0.377 e. The topological polar surface area (TPSA) is 140 Å². The average molecular weight is 518 g/mol. The summed E-state index contributed by atoms with van der Waals surface area (Å²) in [6.45, 7) is 5.93. The van der Waals surface area contributed by atoms with Crippen molar-refractivity contribution in [1.82, 2.24) is 44.7 Å². The van der Waals surface area contributed by atoms with Crippen LogP contribution in [-0.4, -0.2) is 83.7 Å². The molecule has 2 aliphatic rings. The van der Waals surface area contributed by atoms with Crippen molar-refractivity contribution in [3.8, 4) is 0 Å². The van der Waals surface area contributed by atoms with Crippen LogP contribution >= 0.6 is 0 Å². The molecule has 0 bridgehead atoms. The van der Waals surface area contributed by atoms with E-state index in [4.69, 9.17) is 4.74 Å². The zero-order valence-electron chi connectivity index (χ0n) is 21.7. The maximum absolute atomic E-state index is 12.9. The number of ether oxygens (including phenoxy) is 1. The van der Waals surface area contributed by atoms with Gasteiger partial charge in [0.15, 0.2) is 11.5 Å². The Morgan fingerprint density at radius 3 is 2.79 bits per heavy atom. The number of rotatable bonds is 8. The van der Waals surface area contributed by atoms with Crippen LogP contribution in [0, 0.1) is 6.92 Å². The van der Waals surface area contributed by atoms with Crippen molar-refractivity contribution in [3.63, 3.8) is 0 Å². The number of hydrogen-bond donors (Lipinski definition) is 3. The molecule has 0 atom stereocenters. The number of aromatic nitrogens is 7. The Labute approximate surface area is 219 Å². The van der Waals surface area contributed by atoms with E-state index in [2.05, 4.69) is 46.0 Å². The van der Waals surface area contributed by atoms with Crippen LogP contribution in [0.3, 0.4) is 0 Å². The lowest BCUT2D eigenvalue weighted by Crippen LogP contribution is -2.59. The number of anilines is 4. The van der Waals surface area contributed by atoms with Gasteiger partial charge in [-0.15, -0.1) is 0 Å². The molecular weight excluding hydrogens is 486 g/mol. The lowest BCUT2D eigenvalue weighted by atomic mass is 9.94. The Kier molecular flexibility index (Phi) is 6.16. The van der Waals surface area contributed by atoms with Gasteiger partial charge in [-0.05, 0) is 32.4 Å². The third-order valence-corrected chi connectivity index (χ3v) is 7.29. The molecule has 38 heavy (non-hydrogen) atoms. The lowest BCUT2D eigenvalue weighted by Gasteiger charge is -2.45. The van der Waals surface area contributed by atoms with Crippen LogP contribution in [0.4, 0.5) is 23.1 Å². The summed E-state index contributed by atoms with van der Waals surface area (Å²) in [5.74, 6) is 0.875. The molecule has 13 heteroatoms. The number of nitrogens with zero attached hydrogens (tertiary/aromatic N) is 8. The van der Waals surface area contributed by atoms with E-state index in [9.17, 15) is 4.79 Å². The van der Waals surface area contributed by atoms with Crippen molar-refractivity contribution in [2.75, 3.05) is 43.5 Å². The fourth-order valence-corrected chi connectivity index (χ4v) is 5.13. The number of likely N-dealkylation sites (tertiary alicyclic amines) is 1. The summed E-state index contributed by atoms with van der Waals surface area (Å²) in [6.07, 6.45) is 9.22. The van der Waals surface area contributed by atoms with Crippen molar-refractivity contribution in [3.05, 3.63) is 42.1 Å². The van der Waals surface area contributed by atoms with Crippen molar-refractivity contribution in [1.29, 1.82) is 0 Å². The summed E-state index contributed by atoms with van der Waals surface area (Å²) in [5.41, 5.74) is 3.57. The third kappa shape index (κ3) is 4.54. The summed E-state index contributed by atoms with van der Waals surface area (Å²) in [5, 5.41) is 19.0. The van der Waals surface area contributed by atoms with Gasteiger partial charge >= 0.3 is 0 Å². The molecule has 2 aliphatic heterocycles. The maximum atomic E-state index is 12.9. The molecule has 0 radical (unpaired) electrons. The minimum absolute atomic E-state index is 0.154. The molecule has 0 aliphatic carbocycles. The Balaban J connectivity index is 1.14. The second kappa shape index (κ2) is 9.65. The largest absolute Gasteiger partial charge is 0.377 e. The van der Waals surface area contributed by atoms with E-state index >= 15 is 0 Å². The number of carbonyl (C=O) groups is 1. The van der Waals surface area contributed by atoms with E-state index < -0.39 is 0 Å². The molecule has 198 valence electrons. The Morgan fingerprint density at radius 1 is 1.16 bits per heavy atom. The van der Waals surface area contributed by atoms with E-state index in [-0.39, 0.29) is 11.4 Å². The second-order valence-corrected chi connectivity index (χ2v) is 9.98. The highest BCUT2D eigenvalue weighted by molar-refractivity contribution is 5.96. The zero-order chi connectivity index (χ0) is 26.3. The van der Waals surface area contributed by atoms with Crippen LogP contribution in [0.2, 0.25) is 0 Å².